The molecule has 0 aliphatic carbocycles. The second-order valence-corrected chi connectivity index (χ2v) is 1.24. The number of carbonyl (C=O) groups excluding carboxylic acids is 1. The lowest BCUT2D eigenvalue weighted by molar-refractivity contribution is -0.0940. The first-order chi connectivity index (χ1) is 4.76. The van der Waals surface area contributed by atoms with Crippen LogP contribution in [0.15, 0.2) is 0 Å². The van der Waals surface area contributed by atoms with Crippen LogP contribution >= 0.6 is 0 Å². The molecule has 0 amide bonds. The molecule has 0 aromatic rings. The quantitative estimate of drug-likeness (QED) is 0.320. The van der Waals surface area contributed by atoms with Gasteiger partial charge in [0.05, 0.1) is 0 Å². The summed E-state index contributed by atoms with van der Waals surface area (Å²) in [6, 6.07) is 0. The number of ether oxygens (including phenoxy) is 2. The molecule has 0 aliphatic heterocycles. The normalized spacial score (nSPS) is 8.00. The van der Waals surface area contributed by atoms with Crippen LogP contribution in [0, 0.1) is 5.41 Å². The van der Waals surface area contributed by atoms with Gasteiger partial charge in [-0.25, -0.2) is 10.2 Å². The maximum absolute atomic E-state index is 8.35. The van der Waals surface area contributed by atoms with E-state index in [1.807, 2.05) is 0 Å². The van der Waals surface area contributed by atoms with Crippen molar-refractivity contribution in [3.05, 3.63) is 0 Å². The molecule has 0 atom stereocenters. The summed E-state index contributed by atoms with van der Waals surface area (Å²) in [6.07, 6.45) is 0.514. The molecule has 0 saturated heterocycles. The molecule has 5 nitrogen and oxygen atoms in total. The average molecular weight is 148 g/mol. The van der Waals surface area contributed by atoms with Crippen LogP contribution in [0.25, 0.3) is 0 Å². The number of nitrogens with two attached hydrogens (primary N) is 1. The van der Waals surface area contributed by atoms with E-state index in [0.717, 1.165) is 6.08 Å². The van der Waals surface area contributed by atoms with Crippen molar-refractivity contribution in [2.24, 2.45) is 5.73 Å². The monoisotopic (exact) mass is 148 g/mol. The Balaban J connectivity index is 0. The molecule has 10 heavy (non-hydrogen) atoms. The van der Waals surface area contributed by atoms with Crippen LogP contribution in [0.5, 0.6) is 0 Å². The van der Waals surface area contributed by atoms with Gasteiger partial charge in [0.25, 0.3) is 0 Å². The Kier molecular flexibility index (Phi) is 13.3. The number of hydrogen-bond donors (Lipinski definition) is 2. The third-order valence-corrected chi connectivity index (χ3v) is 0.718. The largest absolute Gasteiger partial charge is 0.355 e. The van der Waals surface area contributed by atoms with Gasteiger partial charge in [-0.1, -0.05) is 0 Å². The molecule has 0 radical (unpaired) electrons. The molecule has 0 fully saturated rings. The third kappa shape index (κ3) is 10.3. The highest BCUT2D eigenvalue weighted by molar-refractivity contribution is 5.26. The molecule has 0 rings (SSSR count). The highest BCUT2D eigenvalue weighted by atomic mass is 16.7. The van der Waals surface area contributed by atoms with E-state index in [1.54, 1.807) is 14.2 Å². The first-order valence-corrected chi connectivity index (χ1v) is 2.56. The topological polar surface area (TPSA) is 85.4 Å². The molecule has 3 N–H and O–H groups in total. The summed E-state index contributed by atoms with van der Waals surface area (Å²) in [5.41, 5.74) is 5.14. The minimum atomic E-state index is -0.236. The molecule has 0 aliphatic rings. The Hall–Kier alpha value is -0.740. The van der Waals surface area contributed by atoms with Gasteiger partial charge >= 0.3 is 0 Å². The zero-order valence-electron chi connectivity index (χ0n) is 6.09. The van der Waals surface area contributed by atoms with E-state index in [9.17, 15) is 0 Å². The zero-order chi connectivity index (χ0) is 8.41. The second kappa shape index (κ2) is 11.1. The van der Waals surface area contributed by atoms with Crippen molar-refractivity contribution in [3.63, 3.8) is 0 Å². The van der Waals surface area contributed by atoms with Gasteiger partial charge in [-0.15, -0.1) is 0 Å². The number of hydrogen-bond acceptors (Lipinski definition) is 5. The van der Waals surface area contributed by atoms with Crippen LogP contribution in [-0.2, 0) is 14.3 Å². The van der Waals surface area contributed by atoms with E-state index in [0.29, 0.717) is 6.54 Å². The summed E-state index contributed by atoms with van der Waals surface area (Å²) in [7, 11) is 3.11. The van der Waals surface area contributed by atoms with E-state index in [4.69, 9.17) is 25.4 Å². The van der Waals surface area contributed by atoms with Crippen LogP contribution < -0.4 is 5.73 Å². The molecule has 0 aromatic heterocycles. The summed E-state index contributed by atoms with van der Waals surface area (Å²) >= 11 is 0. The maximum atomic E-state index is 8.35. The number of isocyanates is 1. The summed E-state index contributed by atoms with van der Waals surface area (Å²) in [6.45, 7) is 0.410. The molecule has 0 aromatic carbocycles. The number of methoxy groups -OCH3 is 2. The second-order valence-electron chi connectivity index (χ2n) is 1.24. The van der Waals surface area contributed by atoms with Crippen LogP contribution in [0.3, 0.4) is 0 Å². The van der Waals surface area contributed by atoms with E-state index in [1.165, 1.54) is 0 Å². The molecular weight excluding hydrogens is 136 g/mol. The highest BCUT2D eigenvalue weighted by Crippen LogP contribution is 1.83. The lowest BCUT2D eigenvalue weighted by Gasteiger charge is -2.08. The third-order valence-electron chi connectivity index (χ3n) is 0.718. The van der Waals surface area contributed by atoms with E-state index in [-0.39, 0.29) is 6.29 Å². The van der Waals surface area contributed by atoms with Crippen molar-refractivity contribution in [1.82, 2.24) is 0 Å². The molecule has 5 heteroatoms. The van der Waals surface area contributed by atoms with Crippen molar-refractivity contribution >= 4 is 6.08 Å². The molecule has 60 valence electrons. The van der Waals surface area contributed by atoms with Crippen molar-refractivity contribution in [2.45, 2.75) is 6.29 Å². The lowest BCUT2D eigenvalue weighted by Crippen LogP contribution is -2.23. The Morgan fingerprint density at radius 3 is 1.90 bits per heavy atom. The molecule has 0 bridgehead atoms. The average Bonchev–Trinajstić information content (AvgIpc) is 1.93. The van der Waals surface area contributed by atoms with E-state index >= 15 is 0 Å². The molecule has 0 spiro atoms. The van der Waals surface area contributed by atoms with Gasteiger partial charge in [-0.3, -0.25) is 0 Å². The Morgan fingerprint density at radius 1 is 1.60 bits per heavy atom. The van der Waals surface area contributed by atoms with Gasteiger partial charge in [0.15, 0.2) is 6.29 Å². The van der Waals surface area contributed by atoms with Crippen LogP contribution in [-0.4, -0.2) is 33.1 Å². The first kappa shape index (κ1) is 12.0. The number of rotatable bonds is 3. The SMILES string of the molecule is COC(CN)OC.N=C=O. The fourth-order valence-electron chi connectivity index (χ4n) is 0.289. The van der Waals surface area contributed by atoms with Crippen molar-refractivity contribution in [1.29, 1.82) is 5.41 Å². The molecule has 0 unspecified atom stereocenters. The van der Waals surface area contributed by atoms with E-state index < -0.39 is 0 Å². The molecular formula is C5H12N2O3. The fourth-order valence-corrected chi connectivity index (χ4v) is 0.289. The first-order valence-electron chi connectivity index (χ1n) is 2.56. The maximum Gasteiger partial charge on any atom is 0.231 e. The Labute approximate surface area is 59.6 Å². The van der Waals surface area contributed by atoms with Crippen LogP contribution in [0.1, 0.15) is 0 Å². The minimum absolute atomic E-state index is 0.236. The summed E-state index contributed by atoms with van der Waals surface area (Å²) in [5.74, 6) is 0. The number of nitrogens with one attached hydrogen (secondary N) is 1. The minimum Gasteiger partial charge on any atom is -0.355 e. The zero-order valence-corrected chi connectivity index (χ0v) is 6.09. The van der Waals surface area contributed by atoms with Gasteiger partial charge in [0, 0.05) is 20.8 Å². The van der Waals surface area contributed by atoms with Gasteiger partial charge in [-0.05, 0) is 0 Å². The van der Waals surface area contributed by atoms with Crippen LogP contribution in [0.2, 0.25) is 0 Å². The molecule has 0 saturated carbocycles. The van der Waals surface area contributed by atoms with Crippen LogP contribution in [0.4, 0.5) is 0 Å². The summed E-state index contributed by atoms with van der Waals surface area (Å²) in [4.78, 5) is 8.35. The van der Waals surface area contributed by atoms with E-state index in [2.05, 4.69) is 0 Å². The smallest absolute Gasteiger partial charge is 0.231 e. The predicted octanol–water partition coefficient (Wildman–Crippen LogP) is -0.535. The van der Waals surface area contributed by atoms with Gasteiger partial charge in [0.2, 0.25) is 6.08 Å². The summed E-state index contributed by atoms with van der Waals surface area (Å²) < 4.78 is 9.40. The Morgan fingerprint density at radius 2 is 1.90 bits per heavy atom. The van der Waals surface area contributed by atoms with Crippen molar-refractivity contribution in [2.75, 3.05) is 20.8 Å². The van der Waals surface area contributed by atoms with Crippen molar-refractivity contribution < 1.29 is 14.3 Å². The highest BCUT2D eigenvalue weighted by Gasteiger charge is 1.96. The molecule has 0 heterocycles. The van der Waals surface area contributed by atoms with Crippen molar-refractivity contribution in [3.8, 4) is 0 Å². The van der Waals surface area contributed by atoms with Gasteiger partial charge in [0.1, 0.15) is 0 Å². The summed E-state index contributed by atoms with van der Waals surface area (Å²) in [5, 5.41) is 5.40. The fraction of sp³-hybridized carbons (Fsp3) is 0.800. The standard InChI is InChI=1S/C4H11NO2.CHNO/c1-6-4(3-5)7-2;2-1-3/h4H,3,5H2,1-2H3;2H. The lowest BCUT2D eigenvalue weighted by atomic mass is 10.6. The Bertz CT molecular complexity index is 81.4. The van der Waals surface area contributed by atoms with Gasteiger partial charge < -0.3 is 15.2 Å². The van der Waals surface area contributed by atoms with Gasteiger partial charge in [-0.2, -0.15) is 0 Å². The predicted molar refractivity (Wildman–Crippen MR) is 35.3 cm³/mol.